The quantitative estimate of drug-likeness (QED) is 0.778. The van der Waals surface area contributed by atoms with Crippen molar-refractivity contribution in [3.63, 3.8) is 0 Å². The lowest BCUT2D eigenvalue weighted by Gasteiger charge is -2.08. The summed E-state index contributed by atoms with van der Waals surface area (Å²) in [5.74, 6) is 0. The summed E-state index contributed by atoms with van der Waals surface area (Å²) in [6.45, 7) is 4.14. The van der Waals surface area contributed by atoms with Crippen molar-refractivity contribution in [1.82, 2.24) is 5.32 Å². The first-order chi connectivity index (χ1) is 8.79. The molecule has 2 rings (SSSR count). The average Bonchev–Trinajstić information content (AvgIpc) is 2.81. The maximum Gasteiger partial charge on any atom is 0.0931 e. The molecule has 0 fully saturated rings. The highest BCUT2D eigenvalue weighted by Crippen LogP contribution is 2.21. The summed E-state index contributed by atoms with van der Waals surface area (Å²) in [4.78, 5) is 1.34. The van der Waals surface area contributed by atoms with Gasteiger partial charge in [-0.2, -0.15) is 0 Å². The monoisotopic (exact) mass is 279 g/mol. The maximum atomic E-state index is 5.91. The molecule has 0 aliphatic carbocycles. The summed E-state index contributed by atoms with van der Waals surface area (Å²) >= 11 is 7.57. The SMILES string of the molecule is CCc1ccccc1CNCCc1ccc(Cl)s1. The zero-order valence-corrected chi connectivity index (χ0v) is 12.2. The van der Waals surface area contributed by atoms with E-state index < -0.39 is 0 Å². The molecule has 0 aliphatic rings. The molecule has 1 heterocycles. The second-order valence-electron chi connectivity index (χ2n) is 4.25. The number of benzene rings is 1. The van der Waals surface area contributed by atoms with Crippen LogP contribution < -0.4 is 5.32 Å². The molecule has 0 aliphatic heterocycles. The van der Waals surface area contributed by atoms with Gasteiger partial charge in [0.25, 0.3) is 0 Å². The lowest BCUT2D eigenvalue weighted by Crippen LogP contribution is -2.17. The molecule has 0 amide bonds. The van der Waals surface area contributed by atoms with E-state index >= 15 is 0 Å². The molecule has 96 valence electrons. The molecule has 2 aromatic rings. The van der Waals surface area contributed by atoms with Crippen molar-refractivity contribution in [2.45, 2.75) is 26.3 Å². The van der Waals surface area contributed by atoms with Crippen molar-refractivity contribution in [3.8, 4) is 0 Å². The summed E-state index contributed by atoms with van der Waals surface area (Å²) in [5.41, 5.74) is 2.84. The Morgan fingerprint density at radius 1 is 1.11 bits per heavy atom. The van der Waals surface area contributed by atoms with Crippen molar-refractivity contribution in [3.05, 3.63) is 56.7 Å². The Morgan fingerprint density at radius 2 is 1.89 bits per heavy atom. The third-order valence-electron chi connectivity index (χ3n) is 2.99. The molecule has 18 heavy (non-hydrogen) atoms. The van der Waals surface area contributed by atoms with Crippen LogP contribution in [0.3, 0.4) is 0 Å². The molecule has 1 aromatic heterocycles. The van der Waals surface area contributed by atoms with Crippen molar-refractivity contribution < 1.29 is 0 Å². The molecule has 0 unspecified atom stereocenters. The number of nitrogens with one attached hydrogen (secondary N) is 1. The normalized spacial score (nSPS) is 10.8. The minimum absolute atomic E-state index is 0.876. The molecule has 3 heteroatoms. The topological polar surface area (TPSA) is 12.0 Å². The van der Waals surface area contributed by atoms with Crippen molar-refractivity contribution in [2.75, 3.05) is 6.54 Å². The summed E-state index contributed by atoms with van der Waals surface area (Å²) in [7, 11) is 0. The fourth-order valence-electron chi connectivity index (χ4n) is 2.00. The Bertz CT molecular complexity index is 493. The van der Waals surface area contributed by atoms with Gasteiger partial charge in [0.1, 0.15) is 0 Å². The lowest BCUT2D eigenvalue weighted by atomic mass is 10.1. The Morgan fingerprint density at radius 3 is 2.56 bits per heavy atom. The summed E-state index contributed by atoms with van der Waals surface area (Å²) in [5, 5.41) is 3.50. The minimum Gasteiger partial charge on any atom is -0.312 e. The van der Waals surface area contributed by atoms with Gasteiger partial charge in [0.05, 0.1) is 4.34 Å². The van der Waals surface area contributed by atoms with Crippen LogP contribution in [0.5, 0.6) is 0 Å². The van der Waals surface area contributed by atoms with Crippen LogP contribution in [0, 0.1) is 0 Å². The molecule has 1 N–H and O–H groups in total. The second kappa shape index (κ2) is 6.93. The molecule has 0 bridgehead atoms. The predicted molar refractivity (Wildman–Crippen MR) is 80.6 cm³/mol. The van der Waals surface area contributed by atoms with Crippen LogP contribution in [0.2, 0.25) is 4.34 Å². The fraction of sp³-hybridized carbons (Fsp3) is 0.333. The summed E-state index contributed by atoms with van der Waals surface area (Å²) in [6.07, 6.45) is 2.14. The van der Waals surface area contributed by atoms with Gasteiger partial charge >= 0.3 is 0 Å². The van der Waals surface area contributed by atoms with E-state index in [1.807, 2.05) is 6.07 Å². The van der Waals surface area contributed by atoms with E-state index in [9.17, 15) is 0 Å². The van der Waals surface area contributed by atoms with Gasteiger partial charge in [-0.3, -0.25) is 0 Å². The molecule has 0 atom stereocenters. The van der Waals surface area contributed by atoms with E-state index in [4.69, 9.17) is 11.6 Å². The highest BCUT2D eigenvalue weighted by molar-refractivity contribution is 7.16. The standard InChI is InChI=1S/C15H18ClNS/c1-2-12-5-3-4-6-13(12)11-17-10-9-14-7-8-15(16)18-14/h3-8,17H,2,9-11H2,1H3. The van der Waals surface area contributed by atoms with E-state index in [1.54, 1.807) is 11.3 Å². The van der Waals surface area contributed by atoms with Gasteiger partial charge in [-0.05, 0) is 36.1 Å². The fourth-order valence-corrected chi connectivity index (χ4v) is 3.08. The summed E-state index contributed by atoms with van der Waals surface area (Å²) in [6, 6.07) is 12.7. The van der Waals surface area contributed by atoms with Crippen LogP contribution in [0.4, 0.5) is 0 Å². The van der Waals surface area contributed by atoms with Crippen LogP contribution in [-0.2, 0) is 19.4 Å². The lowest BCUT2D eigenvalue weighted by molar-refractivity contribution is 0.686. The van der Waals surface area contributed by atoms with Crippen LogP contribution in [0.1, 0.15) is 22.9 Å². The molecule has 1 nitrogen and oxygen atoms in total. The largest absolute Gasteiger partial charge is 0.312 e. The van der Waals surface area contributed by atoms with E-state index in [2.05, 4.69) is 42.6 Å². The third-order valence-corrected chi connectivity index (χ3v) is 4.28. The van der Waals surface area contributed by atoms with Crippen molar-refractivity contribution >= 4 is 22.9 Å². The van der Waals surface area contributed by atoms with Gasteiger partial charge in [0, 0.05) is 18.0 Å². The highest BCUT2D eigenvalue weighted by atomic mass is 35.5. The molecule has 0 spiro atoms. The molecular weight excluding hydrogens is 262 g/mol. The minimum atomic E-state index is 0.876. The average molecular weight is 280 g/mol. The van der Waals surface area contributed by atoms with Crippen LogP contribution in [0.25, 0.3) is 0 Å². The highest BCUT2D eigenvalue weighted by Gasteiger charge is 2.00. The van der Waals surface area contributed by atoms with Gasteiger partial charge in [0.2, 0.25) is 0 Å². The first-order valence-electron chi connectivity index (χ1n) is 6.31. The first-order valence-corrected chi connectivity index (χ1v) is 7.50. The Balaban J connectivity index is 1.78. The number of hydrogen-bond acceptors (Lipinski definition) is 2. The van der Waals surface area contributed by atoms with Crippen molar-refractivity contribution in [1.29, 1.82) is 0 Å². The third kappa shape index (κ3) is 3.84. The van der Waals surface area contributed by atoms with Crippen LogP contribution >= 0.6 is 22.9 Å². The first kappa shape index (κ1) is 13.6. The molecule has 0 radical (unpaired) electrons. The van der Waals surface area contributed by atoms with Crippen molar-refractivity contribution in [2.24, 2.45) is 0 Å². The van der Waals surface area contributed by atoms with E-state index in [1.165, 1.54) is 16.0 Å². The zero-order valence-electron chi connectivity index (χ0n) is 10.6. The van der Waals surface area contributed by atoms with Gasteiger partial charge in [-0.25, -0.2) is 0 Å². The van der Waals surface area contributed by atoms with Gasteiger partial charge in [0.15, 0.2) is 0 Å². The van der Waals surface area contributed by atoms with Gasteiger partial charge < -0.3 is 5.32 Å². The predicted octanol–water partition coefficient (Wildman–Crippen LogP) is 4.30. The van der Waals surface area contributed by atoms with Crippen LogP contribution in [0.15, 0.2) is 36.4 Å². The Hall–Kier alpha value is -0.830. The smallest absolute Gasteiger partial charge is 0.0931 e. The number of halogens is 1. The number of aryl methyl sites for hydroxylation is 1. The number of hydrogen-bond donors (Lipinski definition) is 1. The van der Waals surface area contributed by atoms with E-state index in [0.717, 1.165) is 30.3 Å². The number of thiophene rings is 1. The van der Waals surface area contributed by atoms with Gasteiger partial charge in [-0.1, -0.05) is 42.8 Å². The van der Waals surface area contributed by atoms with Gasteiger partial charge in [-0.15, -0.1) is 11.3 Å². The van der Waals surface area contributed by atoms with Crippen LogP contribution in [-0.4, -0.2) is 6.54 Å². The molecule has 0 saturated heterocycles. The Kier molecular flexibility index (Phi) is 5.24. The Labute approximate surface area is 118 Å². The molecular formula is C15H18ClNS. The number of rotatable bonds is 6. The molecule has 1 aromatic carbocycles. The summed E-state index contributed by atoms with van der Waals surface area (Å²) < 4.78 is 0.876. The zero-order chi connectivity index (χ0) is 12.8. The maximum absolute atomic E-state index is 5.91. The second-order valence-corrected chi connectivity index (χ2v) is 6.05. The van der Waals surface area contributed by atoms with E-state index in [-0.39, 0.29) is 0 Å². The van der Waals surface area contributed by atoms with E-state index in [0.29, 0.717) is 0 Å². The molecule has 0 saturated carbocycles.